The first-order chi connectivity index (χ1) is 16.9. The smallest absolute Gasteiger partial charge is 0.335 e. The number of aromatic amines is 1. The van der Waals surface area contributed by atoms with Crippen LogP contribution in [0.15, 0.2) is 77.7 Å². The molecule has 0 amide bonds. The number of aromatic nitrogens is 3. The standard InChI is InChI=1S/C29H29N3O3/c1-4-9-24(20-11-8-12-21(16-20)28(33)34)32-26-15-6-5-14-25(26)31(29(32)35)19(3)22-17-30-23-13-7-10-18(2)27(22)23/h5-8,10-17,19,24,30H,4,9H2,1-3H3,(H,33,34). The van der Waals surface area contributed by atoms with E-state index in [0.717, 1.165) is 51.5 Å². The molecule has 178 valence electrons. The molecule has 0 radical (unpaired) electrons. The van der Waals surface area contributed by atoms with E-state index in [0.29, 0.717) is 0 Å². The van der Waals surface area contributed by atoms with Crippen molar-refractivity contribution in [2.75, 3.05) is 0 Å². The first-order valence-corrected chi connectivity index (χ1v) is 12.0. The number of carbonyl (C=O) groups is 1. The Morgan fingerprint density at radius 2 is 1.71 bits per heavy atom. The van der Waals surface area contributed by atoms with Gasteiger partial charge in [0.15, 0.2) is 0 Å². The van der Waals surface area contributed by atoms with Gasteiger partial charge in [-0.2, -0.15) is 0 Å². The highest BCUT2D eigenvalue weighted by Gasteiger charge is 2.26. The van der Waals surface area contributed by atoms with E-state index < -0.39 is 5.97 Å². The number of imidazole rings is 1. The molecular formula is C29H29N3O3. The van der Waals surface area contributed by atoms with E-state index in [1.807, 2.05) is 51.7 Å². The zero-order valence-electron chi connectivity index (χ0n) is 20.2. The van der Waals surface area contributed by atoms with Gasteiger partial charge >= 0.3 is 11.7 Å². The molecule has 5 rings (SSSR count). The average molecular weight is 468 g/mol. The van der Waals surface area contributed by atoms with Crippen LogP contribution in [0.25, 0.3) is 21.9 Å². The van der Waals surface area contributed by atoms with Gasteiger partial charge in [-0.05, 0) is 61.7 Å². The minimum atomic E-state index is -0.972. The Hall–Kier alpha value is -4.06. The van der Waals surface area contributed by atoms with Gasteiger partial charge < -0.3 is 10.1 Å². The Balaban J connectivity index is 1.74. The summed E-state index contributed by atoms with van der Waals surface area (Å²) < 4.78 is 3.71. The number of aromatic carboxylic acids is 1. The van der Waals surface area contributed by atoms with E-state index >= 15 is 0 Å². The molecule has 0 fully saturated rings. The maximum atomic E-state index is 14.2. The molecule has 0 aliphatic carbocycles. The fraction of sp³-hybridized carbons (Fsp3) is 0.241. The molecule has 0 saturated carbocycles. The van der Waals surface area contributed by atoms with Crippen molar-refractivity contribution in [3.8, 4) is 0 Å². The lowest BCUT2D eigenvalue weighted by molar-refractivity contribution is 0.0696. The fourth-order valence-corrected chi connectivity index (χ4v) is 5.33. The lowest BCUT2D eigenvalue weighted by Gasteiger charge is -2.19. The van der Waals surface area contributed by atoms with Crippen molar-refractivity contribution >= 4 is 27.9 Å². The van der Waals surface area contributed by atoms with Crippen LogP contribution in [-0.2, 0) is 0 Å². The second-order valence-electron chi connectivity index (χ2n) is 9.16. The summed E-state index contributed by atoms with van der Waals surface area (Å²) in [7, 11) is 0. The van der Waals surface area contributed by atoms with Gasteiger partial charge in [0, 0.05) is 22.7 Å². The van der Waals surface area contributed by atoms with Crippen LogP contribution in [0, 0.1) is 6.92 Å². The third-order valence-electron chi connectivity index (χ3n) is 6.99. The third-order valence-corrected chi connectivity index (χ3v) is 6.99. The van der Waals surface area contributed by atoms with Gasteiger partial charge in [0.05, 0.1) is 28.7 Å². The van der Waals surface area contributed by atoms with Gasteiger partial charge in [-0.1, -0.05) is 49.7 Å². The molecule has 6 nitrogen and oxygen atoms in total. The second kappa shape index (κ2) is 8.95. The van der Waals surface area contributed by atoms with Gasteiger partial charge in [-0.3, -0.25) is 9.13 Å². The van der Waals surface area contributed by atoms with Crippen LogP contribution in [0.2, 0.25) is 0 Å². The van der Waals surface area contributed by atoms with Crippen LogP contribution in [0.3, 0.4) is 0 Å². The summed E-state index contributed by atoms with van der Waals surface area (Å²) in [5.41, 5.74) is 5.96. The number of carboxylic acids is 1. The largest absolute Gasteiger partial charge is 0.478 e. The van der Waals surface area contributed by atoms with E-state index in [2.05, 4.69) is 37.9 Å². The van der Waals surface area contributed by atoms with Crippen molar-refractivity contribution in [1.29, 1.82) is 0 Å². The lowest BCUT2D eigenvalue weighted by atomic mass is 9.99. The maximum absolute atomic E-state index is 14.2. The highest BCUT2D eigenvalue weighted by atomic mass is 16.4. The van der Waals surface area contributed by atoms with E-state index in [9.17, 15) is 14.7 Å². The normalized spacial score (nSPS) is 13.3. The van der Waals surface area contributed by atoms with Crippen LogP contribution in [0.1, 0.15) is 65.8 Å². The summed E-state index contributed by atoms with van der Waals surface area (Å²) in [6.45, 7) is 6.23. The van der Waals surface area contributed by atoms with E-state index in [1.54, 1.807) is 18.2 Å². The zero-order chi connectivity index (χ0) is 24.7. The Labute approximate surface area is 203 Å². The van der Waals surface area contributed by atoms with Crippen LogP contribution in [-0.4, -0.2) is 25.2 Å². The van der Waals surface area contributed by atoms with Crippen molar-refractivity contribution in [3.05, 3.63) is 106 Å². The molecular weight excluding hydrogens is 438 g/mol. The Kier molecular flexibility index (Phi) is 5.81. The molecule has 0 aliphatic rings. The second-order valence-corrected chi connectivity index (χ2v) is 9.16. The molecule has 0 aliphatic heterocycles. The van der Waals surface area contributed by atoms with Gasteiger partial charge in [0.1, 0.15) is 0 Å². The number of rotatable bonds is 7. The number of nitrogens with zero attached hydrogens (tertiary/aromatic N) is 2. The average Bonchev–Trinajstić information content (AvgIpc) is 3.42. The summed E-state index contributed by atoms with van der Waals surface area (Å²) in [4.78, 5) is 29.1. The van der Waals surface area contributed by atoms with Crippen LogP contribution in [0.5, 0.6) is 0 Å². The van der Waals surface area contributed by atoms with Gasteiger partial charge in [0.2, 0.25) is 0 Å². The summed E-state index contributed by atoms with van der Waals surface area (Å²) in [6.07, 6.45) is 3.57. The summed E-state index contributed by atoms with van der Waals surface area (Å²) >= 11 is 0. The number of para-hydroxylation sites is 2. The number of hydrogen-bond donors (Lipinski definition) is 2. The molecule has 2 heterocycles. The van der Waals surface area contributed by atoms with Crippen molar-refractivity contribution in [1.82, 2.24) is 14.1 Å². The quantitative estimate of drug-likeness (QED) is 0.295. The lowest BCUT2D eigenvalue weighted by Crippen LogP contribution is -2.30. The van der Waals surface area contributed by atoms with Crippen molar-refractivity contribution < 1.29 is 9.90 Å². The molecule has 2 aromatic heterocycles. The predicted octanol–water partition coefficient (Wildman–Crippen LogP) is 6.29. The molecule has 0 spiro atoms. The zero-order valence-corrected chi connectivity index (χ0v) is 20.2. The van der Waals surface area contributed by atoms with Crippen LogP contribution < -0.4 is 5.69 Å². The third kappa shape index (κ3) is 3.75. The first kappa shape index (κ1) is 22.7. The Bertz CT molecular complexity index is 1600. The maximum Gasteiger partial charge on any atom is 0.335 e. The molecule has 6 heteroatoms. The number of fused-ring (bicyclic) bond motifs is 2. The number of aryl methyl sites for hydroxylation is 1. The van der Waals surface area contributed by atoms with Crippen LogP contribution in [0.4, 0.5) is 0 Å². The molecule has 5 aromatic rings. The highest BCUT2D eigenvalue weighted by molar-refractivity contribution is 5.88. The van der Waals surface area contributed by atoms with Gasteiger partial charge in [0.25, 0.3) is 0 Å². The fourth-order valence-electron chi connectivity index (χ4n) is 5.33. The number of H-pyrrole nitrogens is 1. The van der Waals surface area contributed by atoms with Crippen molar-refractivity contribution in [2.45, 2.75) is 45.7 Å². The molecule has 0 bridgehead atoms. The number of nitrogens with one attached hydrogen (secondary N) is 1. The monoisotopic (exact) mass is 467 g/mol. The summed E-state index contributed by atoms with van der Waals surface area (Å²) in [6, 6.07) is 20.5. The van der Waals surface area contributed by atoms with Gasteiger partial charge in [-0.25, -0.2) is 9.59 Å². The number of carboxylic acid groups (broad SMARTS) is 1. The summed E-state index contributed by atoms with van der Waals surface area (Å²) in [5.74, 6) is -0.972. The predicted molar refractivity (Wildman–Crippen MR) is 139 cm³/mol. The Morgan fingerprint density at radius 1 is 1.00 bits per heavy atom. The molecule has 35 heavy (non-hydrogen) atoms. The minimum absolute atomic E-state index is 0.0965. The van der Waals surface area contributed by atoms with Crippen molar-refractivity contribution in [3.63, 3.8) is 0 Å². The molecule has 0 saturated heterocycles. The first-order valence-electron chi connectivity index (χ1n) is 12.0. The van der Waals surface area contributed by atoms with E-state index in [4.69, 9.17) is 0 Å². The van der Waals surface area contributed by atoms with E-state index in [-0.39, 0.29) is 23.3 Å². The molecule has 2 atom stereocenters. The number of benzene rings is 3. The SMILES string of the molecule is CCCC(c1cccc(C(=O)O)c1)n1c(=O)n(C(C)c2c[nH]c3cccc(C)c23)c2ccccc21. The van der Waals surface area contributed by atoms with Crippen LogP contribution >= 0.6 is 0 Å². The Morgan fingerprint density at radius 3 is 2.43 bits per heavy atom. The van der Waals surface area contributed by atoms with Crippen molar-refractivity contribution in [2.24, 2.45) is 0 Å². The topological polar surface area (TPSA) is 80.0 Å². The van der Waals surface area contributed by atoms with Gasteiger partial charge in [-0.15, -0.1) is 0 Å². The highest BCUT2D eigenvalue weighted by Crippen LogP contribution is 2.33. The summed E-state index contributed by atoms with van der Waals surface area (Å²) in [5, 5.41) is 10.7. The molecule has 3 aromatic carbocycles. The molecule has 2 unspecified atom stereocenters. The minimum Gasteiger partial charge on any atom is -0.478 e. The molecule has 2 N–H and O–H groups in total. The van der Waals surface area contributed by atoms with E-state index in [1.165, 1.54) is 0 Å². The number of hydrogen-bond acceptors (Lipinski definition) is 2.